The summed E-state index contributed by atoms with van der Waals surface area (Å²) < 4.78 is 10.9. The molecule has 0 radical (unpaired) electrons. The smallest absolute Gasteiger partial charge is 0.161 e. The largest absolute Gasteiger partial charge is 0.493 e. The molecule has 0 spiro atoms. The van der Waals surface area contributed by atoms with Crippen LogP contribution >= 0.6 is 0 Å². The molecule has 0 aliphatic carbocycles. The van der Waals surface area contributed by atoms with E-state index >= 15 is 0 Å². The van der Waals surface area contributed by atoms with Crippen LogP contribution in [0.1, 0.15) is 69.4 Å². The number of hydrogen-bond donors (Lipinski definition) is 1. The monoisotopic (exact) mass is 516 g/mol. The lowest BCUT2D eigenvalue weighted by molar-refractivity contribution is 0.0403. The molecule has 3 saturated heterocycles. The molecule has 3 aliphatic heterocycles. The van der Waals surface area contributed by atoms with Crippen molar-refractivity contribution in [3.05, 3.63) is 41.5 Å². The molecule has 38 heavy (non-hydrogen) atoms. The van der Waals surface area contributed by atoms with Crippen LogP contribution in [-0.4, -0.2) is 71.7 Å². The van der Waals surface area contributed by atoms with Gasteiger partial charge in [0.25, 0.3) is 0 Å². The molecule has 1 aromatic heterocycles. The Balaban J connectivity index is 1.14. The molecule has 6 nitrogen and oxygen atoms in total. The minimum absolute atomic E-state index is 0.625. The number of aryl methyl sites for hydroxylation is 1. The third-order valence-corrected chi connectivity index (χ3v) is 9.41. The molecule has 2 bridgehead atoms. The molecule has 3 aromatic rings. The molecule has 204 valence electrons. The van der Waals surface area contributed by atoms with Gasteiger partial charge in [-0.15, -0.1) is 0 Å². The molecule has 1 N–H and O–H groups in total. The van der Waals surface area contributed by atoms with E-state index in [4.69, 9.17) is 14.5 Å². The number of aromatic nitrogens is 2. The number of H-pyrrole nitrogens is 1. The number of ether oxygens (including phenoxy) is 2. The summed E-state index contributed by atoms with van der Waals surface area (Å²) in [5.41, 5.74) is 5.89. The van der Waals surface area contributed by atoms with Crippen LogP contribution in [0.4, 0.5) is 0 Å². The van der Waals surface area contributed by atoms with E-state index in [-0.39, 0.29) is 0 Å². The normalized spacial score (nSPS) is 24.9. The molecule has 6 heteroatoms. The third-order valence-electron chi connectivity index (χ3n) is 9.41. The van der Waals surface area contributed by atoms with Crippen LogP contribution in [0.15, 0.2) is 30.3 Å². The van der Waals surface area contributed by atoms with E-state index in [2.05, 4.69) is 47.7 Å². The molecule has 2 aromatic carbocycles. The second kappa shape index (κ2) is 10.5. The number of piperidine rings is 2. The zero-order valence-corrected chi connectivity index (χ0v) is 23.8. The number of nitrogens with zero attached hydrogens (tertiary/aromatic N) is 3. The number of hydrogen-bond acceptors (Lipinski definition) is 5. The number of fused-ring (bicyclic) bond motifs is 3. The van der Waals surface area contributed by atoms with Crippen LogP contribution in [0.25, 0.3) is 22.4 Å². The summed E-state index contributed by atoms with van der Waals surface area (Å²) >= 11 is 0. The average Bonchev–Trinajstić information content (AvgIpc) is 3.45. The van der Waals surface area contributed by atoms with Gasteiger partial charge in [-0.05, 0) is 106 Å². The molecule has 0 amide bonds. The van der Waals surface area contributed by atoms with E-state index < -0.39 is 0 Å². The molecule has 2 atom stereocenters. The first-order valence-electron chi connectivity index (χ1n) is 14.7. The Bertz CT molecular complexity index is 1260. The molecule has 3 aliphatic rings. The topological polar surface area (TPSA) is 53.6 Å². The zero-order valence-electron chi connectivity index (χ0n) is 23.8. The number of methoxy groups -OCH3 is 2. The molecule has 0 saturated carbocycles. The minimum atomic E-state index is 0.625. The van der Waals surface area contributed by atoms with Crippen LogP contribution in [0.5, 0.6) is 11.5 Å². The van der Waals surface area contributed by atoms with Gasteiger partial charge < -0.3 is 19.4 Å². The minimum Gasteiger partial charge on any atom is -0.493 e. The zero-order chi connectivity index (χ0) is 26.4. The summed E-state index contributed by atoms with van der Waals surface area (Å²) in [6, 6.07) is 13.1. The van der Waals surface area contributed by atoms with Crippen molar-refractivity contribution in [2.24, 2.45) is 5.92 Å². The lowest BCUT2D eigenvalue weighted by Crippen LogP contribution is -2.52. The van der Waals surface area contributed by atoms with Gasteiger partial charge in [0, 0.05) is 30.2 Å². The summed E-state index contributed by atoms with van der Waals surface area (Å²) in [5, 5.41) is 0. The van der Waals surface area contributed by atoms with Crippen LogP contribution in [0, 0.1) is 12.8 Å². The molecule has 6 rings (SSSR count). The Morgan fingerprint density at radius 3 is 2.29 bits per heavy atom. The average molecular weight is 517 g/mol. The van der Waals surface area contributed by atoms with Crippen LogP contribution < -0.4 is 9.47 Å². The number of likely N-dealkylation sites (tertiary alicyclic amines) is 1. The van der Waals surface area contributed by atoms with Gasteiger partial charge in [0.15, 0.2) is 11.5 Å². The van der Waals surface area contributed by atoms with Crippen molar-refractivity contribution in [3.8, 4) is 22.9 Å². The Kier molecular flexibility index (Phi) is 7.12. The predicted octanol–water partition coefficient (Wildman–Crippen LogP) is 6.39. The molecular formula is C32H44N4O2. The van der Waals surface area contributed by atoms with Crippen molar-refractivity contribution in [1.29, 1.82) is 0 Å². The van der Waals surface area contributed by atoms with Crippen LogP contribution in [0.2, 0.25) is 0 Å². The van der Waals surface area contributed by atoms with E-state index in [1.807, 2.05) is 18.2 Å². The van der Waals surface area contributed by atoms with Gasteiger partial charge in [-0.1, -0.05) is 19.9 Å². The number of nitrogens with one attached hydrogen (secondary N) is 1. The number of benzene rings is 2. The fourth-order valence-electron chi connectivity index (χ4n) is 7.54. The van der Waals surface area contributed by atoms with Gasteiger partial charge in [0.05, 0.1) is 25.3 Å². The third kappa shape index (κ3) is 4.82. The second-order valence-corrected chi connectivity index (χ2v) is 12.3. The van der Waals surface area contributed by atoms with E-state index in [0.717, 1.165) is 52.2 Å². The number of imidazole rings is 1. The first kappa shape index (κ1) is 25.7. The van der Waals surface area contributed by atoms with Gasteiger partial charge in [-0.3, -0.25) is 4.90 Å². The summed E-state index contributed by atoms with van der Waals surface area (Å²) in [5.74, 6) is 3.71. The van der Waals surface area contributed by atoms with Crippen molar-refractivity contribution < 1.29 is 9.47 Å². The Morgan fingerprint density at radius 2 is 1.63 bits per heavy atom. The van der Waals surface area contributed by atoms with Crippen LogP contribution in [-0.2, 0) is 0 Å². The SMILES string of the molecule is COc1ccc(-c2nc3c(C)cc(C4CCN(C5CC6CCC(C5)N6CC(C)C)CC4)cc3[nH]2)cc1OC. The van der Waals surface area contributed by atoms with E-state index in [1.54, 1.807) is 14.2 Å². The first-order chi connectivity index (χ1) is 18.4. The maximum absolute atomic E-state index is 5.51. The maximum atomic E-state index is 5.51. The van der Waals surface area contributed by atoms with Crippen molar-refractivity contribution >= 4 is 11.0 Å². The quantitative estimate of drug-likeness (QED) is 0.395. The Hall–Kier alpha value is -2.57. The van der Waals surface area contributed by atoms with Crippen molar-refractivity contribution in [2.75, 3.05) is 33.9 Å². The fraction of sp³-hybridized carbons (Fsp3) is 0.594. The molecule has 4 heterocycles. The molecule has 3 fully saturated rings. The van der Waals surface area contributed by atoms with Gasteiger partial charge in [0.2, 0.25) is 0 Å². The van der Waals surface area contributed by atoms with Crippen molar-refractivity contribution in [1.82, 2.24) is 19.8 Å². The van der Waals surface area contributed by atoms with E-state index in [0.29, 0.717) is 11.7 Å². The highest BCUT2D eigenvalue weighted by Gasteiger charge is 2.42. The van der Waals surface area contributed by atoms with Gasteiger partial charge in [-0.2, -0.15) is 0 Å². The Morgan fingerprint density at radius 1 is 0.921 bits per heavy atom. The highest BCUT2D eigenvalue weighted by molar-refractivity contribution is 5.83. The lowest BCUT2D eigenvalue weighted by atomic mass is 9.86. The van der Waals surface area contributed by atoms with Crippen LogP contribution in [0.3, 0.4) is 0 Å². The van der Waals surface area contributed by atoms with E-state index in [1.165, 1.54) is 69.3 Å². The van der Waals surface area contributed by atoms with Crippen molar-refractivity contribution in [3.63, 3.8) is 0 Å². The van der Waals surface area contributed by atoms with Gasteiger partial charge in [0.1, 0.15) is 5.82 Å². The fourth-order valence-corrected chi connectivity index (χ4v) is 7.54. The molecule has 2 unspecified atom stereocenters. The molecular weight excluding hydrogens is 472 g/mol. The predicted molar refractivity (Wildman–Crippen MR) is 154 cm³/mol. The summed E-state index contributed by atoms with van der Waals surface area (Å²) in [6.45, 7) is 10.7. The van der Waals surface area contributed by atoms with E-state index in [9.17, 15) is 0 Å². The number of aromatic amines is 1. The first-order valence-corrected chi connectivity index (χ1v) is 14.7. The highest BCUT2D eigenvalue weighted by Crippen LogP contribution is 2.40. The van der Waals surface area contributed by atoms with Gasteiger partial charge in [-0.25, -0.2) is 4.98 Å². The highest BCUT2D eigenvalue weighted by atomic mass is 16.5. The summed E-state index contributed by atoms with van der Waals surface area (Å²) in [4.78, 5) is 14.2. The van der Waals surface area contributed by atoms with Crippen molar-refractivity contribution in [2.45, 2.75) is 83.3 Å². The maximum Gasteiger partial charge on any atom is 0.161 e. The summed E-state index contributed by atoms with van der Waals surface area (Å²) in [6.07, 6.45) is 8.10. The lowest BCUT2D eigenvalue weighted by Gasteiger charge is -2.46. The number of rotatable bonds is 7. The standard InChI is InChI=1S/C32H44N4O2/c1-20(2)19-36-25-7-8-26(36)18-27(17-25)35-12-10-22(11-13-35)24-14-21(3)31-28(15-24)33-32(34-31)23-6-9-29(37-4)30(16-23)38-5/h6,9,14-16,20,22,25-27H,7-8,10-13,17-19H2,1-5H3,(H,33,34). The second-order valence-electron chi connectivity index (χ2n) is 12.3. The van der Waals surface area contributed by atoms with Gasteiger partial charge >= 0.3 is 0 Å². The Labute approximate surface area is 227 Å². The summed E-state index contributed by atoms with van der Waals surface area (Å²) in [7, 11) is 3.33.